The molecule has 4 rings (SSSR count). The first-order valence-corrected chi connectivity index (χ1v) is 6.95. The summed E-state index contributed by atoms with van der Waals surface area (Å²) in [7, 11) is 0. The van der Waals surface area contributed by atoms with Crippen LogP contribution in [0.15, 0.2) is 28.7 Å². The summed E-state index contributed by atoms with van der Waals surface area (Å²) in [6, 6.07) is 5.77. The molecule has 1 aliphatic heterocycles. The molecule has 1 aromatic heterocycles. The monoisotopic (exact) mass is 299 g/mol. The lowest BCUT2D eigenvalue weighted by molar-refractivity contribution is -0.121. The van der Waals surface area contributed by atoms with Gasteiger partial charge in [-0.25, -0.2) is 4.79 Å². The number of fused-ring (bicyclic) bond motifs is 1. The Balaban J connectivity index is 1.74. The van der Waals surface area contributed by atoms with E-state index in [2.05, 4.69) is 10.6 Å². The predicted molar refractivity (Wildman–Crippen MR) is 75.7 cm³/mol. The van der Waals surface area contributed by atoms with E-state index < -0.39 is 23.4 Å². The Morgan fingerprint density at radius 1 is 1.27 bits per heavy atom. The Kier molecular flexibility index (Phi) is 2.40. The molecule has 7 nitrogen and oxygen atoms in total. The number of amides is 4. The molecule has 1 aliphatic carbocycles. The molecule has 1 aromatic carbocycles. The number of carbonyl (C=O) groups is 3. The van der Waals surface area contributed by atoms with E-state index in [9.17, 15) is 14.4 Å². The van der Waals surface area contributed by atoms with Crippen LogP contribution in [-0.2, 0) is 15.0 Å². The molecular formula is C15H13N3O4. The number of benzene rings is 1. The Morgan fingerprint density at radius 2 is 2.05 bits per heavy atom. The second kappa shape index (κ2) is 4.09. The zero-order valence-corrected chi connectivity index (χ0v) is 11.5. The van der Waals surface area contributed by atoms with Gasteiger partial charge in [0.05, 0.1) is 5.41 Å². The molecule has 0 radical (unpaired) electrons. The number of carbonyl (C=O) groups excluding carboxylic acids is 3. The minimum absolute atomic E-state index is 0.321. The van der Waals surface area contributed by atoms with Gasteiger partial charge < -0.3 is 15.5 Å². The quantitative estimate of drug-likeness (QED) is 0.728. The first-order valence-electron chi connectivity index (χ1n) is 6.95. The molecule has 22 heavy (non-hydrogen) atoms. The lowest BCUT2D eigenvalue weighted by Crippen LogP contribution is -2.28. The molecule has 2 heterocycles. The van der Waals surface area contributed by atoms with Crippen LogP contribution in [0.3, 0.4) is 0 Å². The van der Waals surface area contributed by atoms with Crippen molar-refractivity contribution >= 4 is 28.8 Å². The molecule has 112 valence electrons. The maximum absolute atomic E-state index is 11.7. The Bertz CT molecular complexity index is 834. The Morgan fingerprint density at radius 3 is 2.64 bits per heavy atom. The van der Waals surface area contributed by atoms with Crippen LogP contribution in [0.4, 0.5) is 4.79 Å². The highest BCUT2D eigenvalue weighted by molar-refractivity contribution is 6.04. The van der Waals surface area contributed by atoms with E-state index in [1.54, 1.807) is 12.1 Å². The maximum atomic E-state index is 11.7. The number of rotatable bonds is 3. The van der Waals surface area contributed by atoms with Crippen molar-refractivity contribution in [3.8, 4) is 0 Å². The van der Waals surface area contributed by atoms with Crippen LogP contribution >= 0.6 is 0 Å². The fraction of sp³-hybridized carbons (Fsp3) is 0.267. The van der Waals surface area contributed by atoms with Crippen LogP contribution < -0.4 is 16.4 Å². The second-order valence-corrected chi connectivity index (χ2v) is 5.74. The highest BCUT2D eigenvalue weighted by Crippen LogP contribution is 2.48. The number of imide groups is 1. The number of nitrogens with one attached hydrogen (secondary N) is 2. The summed E-state index contributed by atoms with van der Waals surface area (Å²) in [4.78, 5) is 34.5. The van der Waals surface area contributed by atoms with Gasteiger partial charge in [0.2, 0.25) is 5.91 Å². The minimum Gasteiger partial charge on any atom is -0.458 e. The van der Waals surface area contributed by atoms with Gasteiger partial charge in [-0.2, -0.15) is 0 Å². The van der Waals surface area contributed by atoms with Gasteiger partial charge >= 0.3 is 6.03 Å². The van der Waals surface area contributed by atoms with Crippen molar-refractivity contribution in [2.75, 3.05) is 0 Å². The SMILES string of the molecule is NC(=O)C1(c2ccc3oc(C4NC(=O)NC4=O)cc3c2)CC1. The molecule has 0 spiro atoms. The first kappa shape index (κ1) is 12.9. The third-order valence-corrected chi connectivity index (χ3v) is 4.37. The van der Waals surface area contributed by atoms with Gasteiger partial charge in [-0.1, -0.05) is 6.07 Å². The topological polar surface area (TPSA) is 114 Å². The van der Waals surface area contributed by atoms with Crippen LogP contribution in [0, 0.1) is 0 Å². The van der Waals surface area contributed by atoms with Crippen molar-refractivity contribution in [1.29, 1.82) is 0 Å². The molecule has 4 amide bonds. The molecular weight excluding hydrogens is 286 g/mol. The van der Waals surface area contributed by atoms with E-state index in [0.717, 1.165) is 23.8 Å². The maximum Gasteiger partial charge on any atom is 0.322 e. The largest absolute Gasteiger partial charge is 0.458 e. The number of furan rings is 1. The average Bonchev–Trinajstić information content (AvgIpc) is 3.07. The summed E-state index contributed by atoms with van der Waals surface area (Å²) in [6.45, 7) is 0. The van der Waals surface area contributed by atoms with Gasteiger partial charge in [-0.3, -0.25) is 14.9 Å². The summed E-state index contributed by atoms with van der Waals surface area (Å²) < 4.78 is 5.63. The zero-order valence-electron chi connectivity index (χ0n) is 11.5. The molecule has 1 unspecified atom stereocenters. The first-order chi connectivity index (χ1) is 10.5. The van der Waals surface area contributed by atoms with Crippen molar-refractivity contribution in [2.24, 2.45) is 5.73 Å². The number of primary amides is 1. The van der Waals surface area contributed by atoms with E-state index in [4.69, 9.17) is 10.2 Å². The highest BCUT2D eigenvalue weighted by atomic mass is 16.3. The molecule has 7 heteroatoms. The van der Waals surface area contributed by atoms with E-state index in [1.807, 2.05) is 12.1 Å². The third kappa shape index (κ3) is 1.71. The number of urea groups is 1. The average molecular weight is 299 g/mol. The summed E-state index contributed by atoms with van der Waals surface area (Å²) in [6.07, 6.45) is 1.50. The van der Waals surface area contributed by atoms with Crippen molar-refractivity contribution in [3.63, 3.8) is 0 Å². The van der Waals surface area contributed by atoms with Crippen LogP contribution in [0.1, 0.15) is 30.2 Å². The predicted octanol–water partition coefficient (Wildman–Crippen LogP) is 0.830. The van der Waals surface area contributed by atoms with Gasteiger partial charge in [0.25, 0.3) is 5.91 Å². The number of nitrogens with two attached hydrogens (primary N) is 1. The molecule has 4 N–H and O–H groups in total. The van der Waals surface area contributed by atoms with Crippen LogP contribution in [0.25, 0.3) is 11.0 Å². The van der Waals surface area contributed by atoms with Gasteiger partial charge in [-0.05, 0) is 36.6 Å². The summed E-state index contributed by atoms with van der Waals surface area (Å²) >= 11 is 0. The molecule has 0 bridgehead atoms. The zero-order chi connectivity index (χ0) is 15.5. The van der Waals surface area contributed by atoms with E-state index in [0.29, 0.717) is 11.3 Å². The van der Waals surface area contributed by atoms with E-state index >= 15 is 0 Å². The minimum atomic E-state index is -0.825. The summed E-state index contributed by atoms with van der Waals surface area (Å²) in [5.74, 6) is -0.405. The molecule has 1 saturated carbocycles. The number of hydrogen-bond donors (Lipinski definition) is 3. The molecule has 2 aromatic rings. The van der Waals surface area contributed by atoms with Crippen molar-refractivity contribution in [2.45, 2.75) is 24.3 Å². The van der Waals surface area contributed by atoms with Crippen LogP contribution in [-0.4, -0.2) is 17.8 Å². The Hall–Kier alpha value is -2.83. The third-order valence-electron chi connectivity index (χ3n) is 4.37. The van der Waals surface area contributed by atoms with Crippen molar-refractivity contribution < 1.29 is 18.8 Å². The fourth-order valence-electron chi connectivity index (χ4n) is 2.92. The van der Waals surface area contributed by atoms with Gasteiger partial charge in [0, 0.05) is 5.39 Å². The fourth-order valence-corrected chi connectivity index (χ4v) is 2.92. The molecule has 1 atom stereocenters. The van der Waals surface area contributed by atoms with Gasteiger partial charge in [0.1, 0.15) is 11.3 Å². The lowest BCUT2D eigenvalue weighted by atomic mass is 9.94. The van der Waals surface area contributed by atoms with E-state index in [-0.39, 0.29) is 5.91 Å². The summed E-state index contributed by atoms with van der Waals surface area (Å²) in [5, 5.41) is 5.42. The lowest BCUT2D eigenvalue weighted by Gasteiger charge is -2.10. The normalized spacial score (nSPS) is 22.5. The second-order valence-electron chi connectivity index (χ2n) is 5.74. The van der Waals surface area contributed by atoms with E-state index in [1.165, 1.54) is 0 Å². The van der Waals surface area contributed by atoms with Crippen molar-refractivity contribution in [3.05, 3.63) is 35.6 Å². The number of hydrogen-bond acceptors (Lipinski definition) is 4. The van der Waals surface area contributed by atoms with Crippen molar-refractivity contribution in [1.82, 2.24) is 10.6 Å². The van der Waals surface area contributed by atoms with Crippen LogP contribution in [0.5, 0.6) is 0 Å². The molecule has 2 aliphatic rings. The van der Waals surface area contributed by atoms with Gasteiger partial charge in [-0.15, -0.1) is 0 Å². The standard InChI is InChI=1S/C15H13N3O4/c16-13(20)15(3-4-15)8-1-2-9-7(5-8)6-10(22-9)11-12(19)18-14(21)17-11/h1-2,5-6,11H,3-4H2,(H2,16,20)(H2,17,18,19,21). The highest BCUT2D eigenvalue weighted by Gasteiger charge is 2.50. The van der Waals surface area contributed by atoms with Crippen LogP contribution in [0.2, 0.25) is 0 Å². The summed E-state index contributed by atoms with van der Waals surface area (Å²) in [5.41, 5.74) is 6.37. The van der Waals surface area contributed by atoms with Gasteiger partial charge in [0.15, 0.2) is 6.04 Å². The Labute approximate surface area is 124 Å². The smallest absolute Gasteiger partial charge is 0.322 e. The molecule has 1 saturated heterocycles. The molecule has 2 fully saturated rings.